The first kappa shape index (κ1) is 15.1. The quantitative estimate of drug-likeness (QED) is 0.802. The Hall–Kier alpha value is -0.970. The Bertz CT molecular complexity index is 412. The Labute approximate surface area is 114 Å². The predicted molar refractivity (Wildman–Crippen MR) is 70.6 cm³/mol. The normalized spacial score (nSPS) is 12.2. The molecule has 1 aromatic rings. The van der Waals surface area contributed by atoms with Gasteiger partial charge in [-0.1, -0.05) is 35.0 Å². The van der Waals surface area contributed by atoms with E-state index in [0.29, 0.717) is 12.5 Å². The average Bonchev–Trinajstić information content (AvgIpc) is 2.33. The van der Waals surface area contributed by atoms with Crippen molar-refractivity contribution in [2.75, 3.05) is 11.9 Å². The maximum absolute atomic E-state index is 13.3. The van der Waals surface area contributed by atoms with E-state index < -0.39 is 11.6 Å². The molecule has 0 saturated heterocycles. The van der Waals surface area contributed by atoms with Crippen LogP contribution in [0.4, 0.5) is 8.78 Å². The summed E-state index contributed by atoms with van der Waals surface area (Å²) in [7, 11) is 0. The van der Waals surface area contributed by atoms with Crippen LogP contribution in [-0.4, -0.2) is 17.8 Å². The zero-order valence-electron chi connectivity index (χ0n) is 10.2. The lowest BCUT2D eigenvalue weighted by molar-refractivity contribution is -0.120. The molecule has 0 radical (unpaired) electrons. The maximum atomic E-state index is 13.3. The fourth-order valence-corrected chi connectivity index (χ4v) is 2.28. The molecule has 1 atom stereocenters. The molecular weight excluding hydrogens is 304 g/mol. The summed E-state index contributed by atoms with van der Waals surface area (Å²) >= 11 is 3.32. The van der Waals surface area contributed by atoms with Gasteiger partial charge in [0.2, 0.25) is 5.91 Å². The van der Waals surface area contributed by atoms with E-state index in [-0.39, 0.29) is 17.9 Å². The minimum Gasteiger partial charge on any atom is -0.356 e. The highest BCUT2D eigenvalue weighted by molar-refractivity contribution is 9.09. The number of benzene rings is 1. The molecule has 0 aromatic heterocycles. The van der Waals surface area contributed by atoms with Crippen LogP contribution in [-0.2, 0) is 11.2 Å². The van der Waals surface area contributed by atoms with Crippen LogP contribution in [0, 0.1) is 17.6 Å². The van der Waals surface area contributed by atoms with Crippen LogP contribution in [0.5, 0.6) is 0 Å². The van der Waals surface area contributed by atoms with Gasteiger partial charge >= 0.3 is 0 Å². The van der Waals surface area contributed by atoms with Gasteiger partial charge in [-0.05, 0) is 18.4 Å². The lowest BCUT2D eigenvalue weighted by Gasteiger charge is -2.11. The second kappa shape index (κ2) is 7.46. The molecule has 5 heteroatoms. The number of hydrogen-bond donors (Lipinski definition) is 1. The van der Waals surface area contributed by atoms with Crippen LogP contribution in [0.25, 0.3) is 0 Å². The Balaban J connectivity index is 2.47. The van der Waals surface area contributed by atoms with Crippen molar-refractivity contribution in [3.8, 4) is 0 Å². The monoisotopic (exact) mass is 319 g/mol. The summed E-state index contributed by atoms with van der Waals surface area (Å²) in [4.78, 5) is 11.6. The highest BCUT2D eigenvalue weighted by Crippen LogP contribution is 2.12. The van der Waals surface area contributed by atoms with E-state index in [1.165, 1.54) is 12.1 Å². The Kier molecular flexibility index (Phi) is 6.25. The summed E-state index contributed by atoms with van der Waals surface area (Å²) in [5, 5.41) is 3.59. The maximum Gasteiger partial charge on any atom is 0.224 e. The molecule has 0 aliphatic heterocycles. The third kappa shape index (κ3) is 4.72. The largest absolute Gasteiger partial charge is 0.356 e. The molecule has 1 N–H and O–H groups in total. The summed E-state index contributed by atoms with van der Waals surface area (Å²) in [5.41, 5.74) is 0.0839. The smallest absolute Gasteiger partial charge is 0.224 e. The Morgan fingerprint density at radius 3 is 2.83 bits per heavy atom. The summed E-state index contributed by atoms with van der Waals surface area (Å²) in [6.07, 6.45) is 0.819. The van der Waals surface area contributed by atoms with Crippen molar-refractivity contribution in [2.24, 2.45) is 5.92 Å². The van der Waals surface area contributed by atoms with Gasteiger partial charge in [0.05, 0.1) is 6.42 Å². The van der Waals surface area contributed by atoms with Crippen LogP contribution in [0.1, 0.15) is 18.9 Å². The minimum atomic E-state index is -0.943. The summed E-state index contributed by atoms with van der Waals surface area (Å²) < 4.78 is 26.3. The van der Waals surface area contributed by atoms with Gasteiger partial charge in [0.25, 0.3) is 0 Å². The molecule has 2 nitrogen and oxygen atoms in total. The van der Waals surface area contributed by atoms with Gasteiger partial charge in [-0.3, -0.25) is 4.79 Å². The molecule has 0 bridgehead atoms. The molecule has 0 aliphatic carbocycles. The van der Waals surface area contributed by atoms with Crippen LogP contribution < -0.4 is 5.32 Å². The van der Waals surface area contributed by atoms with Gasteiger partial charge in [0, 0.05) is 17.4 Å². The van der Waals surface area contributed by atoms with E-state index in [2.05, 4.69) is 21.2 Å². The highest BCUT2D eigenvalue weighted by atomic mass is 79.9. The third-order valence-corrected chi connectivity index (χ3v) is 3.09. The second-order valence-corrected chi connectivity index (χ2v) is 5.07. The molecule has 0 saturated carbocycles. The fourth-order valence-electron chi connectivity index (χ4n) is 1.50. The number of amides is 1. The van der Waals surface area contributed by atoms with Crippen molar-refractivity contribution in [2.45, 2.75) is 19.8 Å². The first-order valence-electron chi connectivity index (χ1n) is 5.80. The minimum absolute atomic E-state index is 0.0839. The van der Waals surface area contributed by atoms with Crippen molar-refractivity contribution in [3.63, 3.8) is 0 Å². The van der Waals surface area contributed by atoms with Crippen molar-refractivity contribution >= 4 is 21.8 Å². The van der Waals surface area contributed by atoms with Crippen molar-refractivity contribution in [3.05, 3.63) is 35.4 Å². The average molecular weight is 320 g/mol. The number of carbonyl (C=O) groups is 1. The predicted octanol–water partition coefficient (Wildman–Crippen LogP) is 3.04. The number of carbonyl (C=O) groups excluding carboxylic acids is 1. The number of halogens is 3. The molecular formula is C13H16BrF2NO. The van der Waals surface area contributed by atoms with Crippen molar-refractivity contribution in [1.82, 2.24) is 5.32 Å². The lowest BCUT2D eigenvalue weighted by Crippen LogP contribution is -2.30. The van der Waals surface area contributed by atoms with Crippen molar-refractivity contribution in [1.29, 1.82) is 0 Å². The number of alkyl halides is 1. The SMILES string of the molecule is CC(CCBr)CNC(=O)Cc1cccc(F)c1F. The van der Waals surface area contributed by atoms with E-state index in [1.54, 1.807) is 0 Å². The molecule has 0 heterocycles. The number of rotatable bonds is 6. The number of nitrogens with one attached hydrogen (secondary N) is 1. The van der Waals surface area contributed by atoms with Crippen LogP contribution in [0.2, 0.25) is 0 Å². The van der Waals surface area contributed by atoms with E-state index in [4.69, 9.17) is 0 Å². The highest BCUT2D eigenvalue weighted by Gasteiger charge is 2.12. The molecule has 0 spiro atoms. The second-order valence-electron chi connectivity index (χ2n) is 4.28. The van der Waals surface area contributed by atoms with Gasteiger partial charge in [0.15, 0.2) is 11.6 Å². The molecule has 1 amide bonds. The molecule has 1 aromatic carbocycles. The van der Waals surface area contributed by atoms with Crippen LogP contribution in [0.15, 0.2) is 18.2 Å². The molecule has 1 unspecified atom stereocenters. The molecule has 1 rings (SSSR count). The Morgan fingerprint density at radius 1 is 1.44 bits per heavy atom. The van der Waals surface area contributed by atoms with Gasteiger partial charge < -0.3 is 5.32 Å². The van der Waals surface area contributed by atoms with Crippen LogP contribution in [0.3, 0.4) is 0 Å². The van der Waals surface area contributed by atoms with Crippen molar-refractivity contribution < 1.29 is 13.6 Å². The standard InChI is InChI=1S/C13H16BrF2NO/c1-9(5-6-14)8-17-12(18)7-10-3-2-4-11(15)13(10)16/h2-4,9H,5-8H2,1H3,(H,17,18). The molecule has 0 aliphatic rings. The fraction of sp³-hybridized carbons (Fsp3) is 0.462. The first-order chi connectivity index (χ1) is 8.54. The van der Waals surface area contributed by atoms with Crippen LogP contribution >= 0.6 is 15.9 Å². The van der Waals surface area contributed by atoms with Gasteiger partial charge in [-0.25, -0.2) is 8.78 Å². The van der Waals surface area contributed by atoms with E-state index >= 15 is 0 Å². The Morgan fingerprint density at radius 2 is 2.17 bits per heavy atom. The zero-order chi connectivity index (χ0) is 13.5. The zero-order valence-corrected chi connectivity index (χ0v) is 11.8. The molecule has 18 heavy (non-hydrogen) atoms. The molecule has 0 fully saturated rings. The topological polar surface area (TPSA) is 29.1 Å². The summed E-state index contributed by atoms with van der Waals surface area (Å²) in [6, 6.07) is 3.85. The van der Waals surface area contributed by atoms with E-state index in [9.17, 15) is 13.6 Å². The van der Waals surface area contributed by atoms with Gasteiger partial charge in [-0.2, -0.15) is 0 Å². The number of hydrogen-bond acceptors (Lipinski definition) is 1. The first-order valence-corrected chi connectivity index (χ1v) is 6.92. The van der Waals surface area contributed by atoms with E-state index in [0.717, 1.165) is 17.8 Å². The van der Waals surface area contributed by atoms with Gasteiger partial charge in [0.1, 0.15) is 0 Å². The summed E-state index contributed by atoms with van der Waals surface area (Å²) in [6.45, 7) is 2.56. The third-order valence-electron chi connectivity index (χ3n) is 2.63. The van der Waals surface area contributed by atoms with E-state index in [1.807, 2.05) is 6.92 Å². The lowest BCUT2D eigenvalue weighted by atomic mass is 10.1. The van der Waals surface area contributed by atoms with Gasteiger partial charge in [-0.15, -0.1) is 0 Å². The summed E-state index contributed by atoms with van der Waals surface area (Å²) in [5.74, 6) is -1.80. The molecule has 100 valence electrons.